The number of nitrogens with zero attached hydrogens (tertiary/aromatic N) is 1. The molecule has 3 rings (SSSR count). The van der Waals surface area contributed by atoms with Gasteiger partial charge in [0.25, 0.3) is 0 Å². The molecule has 2 aliphatic rings. The normalized spacial score (nSPS) is 27.5. The molecule has 3 atom stereocenters. The van der Waals surface area contributed by atoms with Gasteiger partial charge in [-0.15, -0.1) is 0 Å². The molecular weight excluding hydrogens is 304 g/mol. The summed E-state index contributed by atoms with van der Waals surface area (Å²) in [7, 11) is 0. The van der Waals surface area contributed by atoms with Crippen molar-refractivity contribution in [2.24, 2.45) is 5.92 Å². The Labute approximate surface area is 143 Å². The minimum Gasteiger partial charge on any atom is -0.373 e. The fraction of sp³-hybridized carbons (Fsp3) is 0.579. The van der Waals surface area contributed by atoms with Crippen molar-refractivity contribution >= 4 is 11.8 Å². The molecule has 2 fully saturated rings. The Bertz CT molecular complexity index is 588. The van der Waals surface area contributed by atoms with Crippen LogP contribution >= 0.6 is 0 Å². The third-order valence-electron chi connectivity index (χ3n) is 4.97. The lowest BCUT2D eigenvalue weighted by atomic mass is 9.88. The predicted molar refractivity (Wildman–Crippen MR) is 91.3 cm³/mol. The van der Waals surface area contributed by atoms with Crippen molar-refractivity contribution in [3.8, 4) is 0 Å². The number of hydrogen-bond acceptors (Lipinski definition) is 3. The van der Waals surface area contributed by atoms with Gasteiger partial charge in [0.2, 0.25) is 11.8 Å². The van der Waals surface area contributed by atoms with Crippen molar-refractivity contribution in [2.75, 3.05) is 13.2 Å². The molecule has 1 aromatic rings. The summed E-state index contributed by atoms with van der Waals surface area (Å²) in [5.41, 5.74) is 1.03. The van der Waals surface area contributed by atoms with Gasteiger partial charge in [-0.1, -0.05) is 30.3 Å². The Hall–Kier alpha value is -1.88. The average Bonchev–Trinajstić information content (AvgIpc) is 2.96. The van der Waals surface area contributed by atoms with E-state index in [0.29, 0.717) is 19.6 Å². The van der Waals surface area contributed by atoms with Crippen LogP contribution in [0.25, 0.3) is 0 Å². The first kappa shape index (κ1) is 17.0. The van der Waals surface area contributed by atoms with Crippen LogP contribution in [0.1, 0.15) is 44.8 Å². The number of amides is 2. The SMILES string of the molecule is CC(C)N1CCC(NC(=O)[C@@H]2CCCO[C@H]2c2ccccc2)C1=O. The van der Waals surface area contributed by atoms with Crippen molar-refractivity contribution in [3.63, 3.8) is 0 Å². The zero-order valence-corrected chi connectivity index (χ0v) is 14.4. The number of ether oxygens (including phenoxy) is 1. The Morgan fingerprint density at radius 2 is 2.00 bits per heavy atom. The van der Waals surface area contributed by atoms with Crippen LogP contribution in [0.15, 0.2) is 30.3 Å². The summed E-state index contributed by atoms with van der Waals surface area (Å²) in [6, 6.07) is 9.66. The molecule has 2 aliphatic heterocycles. The highest BCUT2D eigenvalue weighted by Crippen LogP contribution is 2.34. The summed E-state index contributed by atoms with van der Waals surface area (Å²) in [6.07, 6.45) is 2.13. The minimum atomic E-state index is -0.391. The van der Waals surface area contributed by atoms with Gasteiger partial charge in [0.05, 0.1) is 12.0 Å². The molecule has 2 amide bonds. The van der Waals surface area contributed by atoms with Crippen LogP contribution < -0.4 is 5.32 Å². The molecule has 0 aliphatic carbocycles. The molecule has 0 radical (unpaired) electrons. The van der Waals surface area contributed by atoms with Crippen molar-refractivity contribution < 1.29 is 14.3 Å². The van der Waals surface area contributed by atoms with E-state index in [2.05, 4.69) is 5.32 Å². The maximum Gasteiger partial charge on any atom is 0.245 e. The summed E-state index contributed by atoms with van der Waals surface area (Å²) in [4.78, 5) is 27.0. The molecule has 1 unspecified atom stereocenters. The molecule has 5 nitrogen and oxygen atoms in total. The quantitative estimate of drug-likeness (QED) is 0.921. The fourth-order valence-corrected chi connectivity index (χ4v) is 3.65. The number of likely N-dealkylation sites (tertiary alicyclic amines) is 1. The molecule has 1 N–H and O–H groups in total. The van der Waals surface area contributed by atoms with Gasteiger partial charge in [-0.2, -0.15) is 0 Å². The second-order valence-corrected chi connectivity index (χ2v) is 6.93. The average molecular weight is 330 g/mol. The van der Waals surface area contributed by atoms with Crippen LogP contribution in [0.5, 0.6) is 0 Å². The molecule has 2 saturated heterocycles. The fourth-order valence-electron chi connectivity index (χ4n) is 3.65. The van der Waals surface area contributed by atoms with Gasteiger partial charge in [-0.05, 0) is 38.7 Å². The van der Waals surface area contributed by atoms with Gasteiger partial charge < -0.3 is 15.0 Å². The smallest absolute Gasteiger partial charge is 0.245 e. The maximum atomic E-state index is 12.8. The van der Waals surface area contributed by atoms with E-state index in [-0.39, 0.29) is 29.9 Å². The maximum absolute atomic E-state index is 12.8. The lowest BCUT2D eigenvalue weighted by Crippen LogP contribution is -2.47. The van der Waals surface area contributed by atoms with E-state index in [1.165, 1.54) is 0 Å². The van der Waals surface area contributed by atoms with E-state index in [1.807, 2.05) is 49.1 Å². The van der Waals surface area contributed by atoms with Crippen LogP contribution in [0.3, 0.4) is 0 Å². The number of rotatable bonds is 4. The molecular formula is C19H26N2O3. The highest BCUT2D eigenvalue weighted by molar-refractivity contribution is 5.90. The number of hydrogen-bond donors (Lipinski definition) is 1. The summed E-state index contributed by atoms with van der Waals surface area (Å²) < 4.78 is 5.89. The van der Waals surface area contributed by atoms with Gasteiger partial charge in [0, 0.05) is 19.2 Å². The van der Waals surface area contributed by atoms with E-state index >= 15 is 0 Å². The highest BCUT2D eigenvalue weighted by atomic mass is 16.5. The van der Waals surface area contributed by atoms with E-state index in [4.69, 9.17) is 4.74 Å². The zero-order valence-electron chi connectivity index (χ0n) is 14.4. The molecule has 0 aromatic heterocycles. The van der Waals surface area contributed by atoms with Crippen LogP contribution in [0.2, 0.25) is 0 Å². The highest BCUT2D eigenvalue weighted by Gasteiger charge is 2.38. The molecule has 0 spiro atoms. The third kappa shape index (κ3) is 3.46. The Kier molecular flexibility index (Phi) is 5.19. The molecule has 24 heavy (non-hydrogen) atoms. The Balaban J connectivity index is 1.68. The van der Waals surface area contributed by atoms with Crippen LogP contribution in [0.4, 0.5) is 0 Å². The molecule has 130 valence electrons. The van der Waals surface area contributed by atoms with Crippen LogP contribution in [-0.4, -0.2) is 41.9 Å². The van der Waals surface area contributed by atoms with E-state index in [0.717, 1.165) is 18.4 Å². The van der Waals surface area contributed by atoms with Crippen LogP contribution in [-0.2, 0) is 14.3 Å². The summed E-state index contributed by atoms with van der Waals surface area (Å²) in [6.45, 7) is 5.39. The molecule has 2 heterocycles. The van der Waals surface area contributed by atoms with Crippen molar-refractivity contribution in [2.45, 2.75) is 51.3 Å². The third-order valence-corrected chi connectivity index (χ3v) is 4.97. The summed E-state index contributed by atoms with van der Waals surface area (Å²) >= 11 is 0. The predicted octanol–water partition coefficient (Wildman–Crippen LogP) is 2.28. The number of carbonyl (C=O) groups is 2. The van der Waals surface area contributed by atoms with Crippen molar-refractivity contribution in [3.05, 3.63) is 35.9 Å². The van der Waals surface area contributed by atoms with Gasteiger partial charge >= 0.3 is 0 Å². The molecule has 1 aromatic carbocycles. The number of carbonyl (C=O) groups excluding carboxylic acids is 2. The van der Waals surface area contributed by atoms with Gasteiger partial charge in [0.1, 0.15) is 6.04 Å². The first-order valence-corrected chi connectivity index (χ1v) is 8.85. The Morgan fingerprint density at radius 1 is 1.25 bits per heavy atom. The lowest BCUT2D eigenvalue weighted by molar-refractivity contribution is -0.139. The first-order chi connectivity index (χ1) is 11.6. The number of nitrogens with one attached hydrogen (secondary N) is 1. The number of benzene rings is 1. The first-order valence-electron chi connectivity index (χ1n) is 8.85. The summed E-state index contributed by atoms with van der Waals surface area (Å²) in [5, 5.41) is 2.97. The topological polar surface area (TPSA) is 58.6 Å². The second kappa shape index (κ2) is 7.34. The Morgan fingerprint density at radius 3 is 2.67 bits per heavy atom. The molecule has 0 bridgehead atoms. The lowest BCUT2D eigenvalue weighted by Gasteiger charge is -2.32. The molecule has 5 heteroatoms. The standard InChI is InChI=1S/C19H26N2O3/c1-13(2)21-11-10-16(19(21)23)20-18(22)15-9-6-12-24-17(15)14-7-4-3-5-8-14/h3-5,7-8,13,15-17H,6,9-12H2,1-2H3,(H,20,22)/t15-,16?,17+/m1/s1. The van der Waals surface area contributed by atoms with Crippen LogP contribution in [0, 0.1) is 5.92 Å². The largest absolute Gasteiger partial charge is 0.373 e. The van der Waals surface area contributed by atoms with Gasteiger partial charge in [-0.25, -0.2) is 0 Å². The van der Waals surface area contributed by atoms with E-state index in [1.54, 1.807) is 0 Å². The zero-order chi connectivity index (χ0) is 17.1. The molecule has 0 saturated carbocycles. The van der Waals surface area contributed by atoms with Crippen molar-refractivity contribution in [1.29, 1.82) is 0 Å². The van der Waals surface area contributed by atoms with Gasteiger partial charge in [-0.3, -0.25) is 9.59 Å². The second-order valence-electron chi connectivity index (χ2n) is 6.93. The van der Waals surface area contributed by atoms with Crippen molar-refractivity contribution in [1.82, 2.24) is 10.2 Å². The minimum absolute atomic E-state index is 0.0336. The van der Waals surface area contributed by atoms with Gasteiger partial charge in [0.15, 0.2) is 0 Å². The van der Waals surface area contributed by atoms with E-state index in [9.17, 15) is 9.59 Å². The summed E-state index contributed by atoms with van der Waals surface area (Å²) in [5.74, 6) is -0.263. The van der Waals surface area contributed by atoms with E-state index < -0.39 is 6.04 Å². The monoisotopic (exact) mass is 330 g/mol.